The van der Waals surface area contributed by atoms with Crippen molar-refractivity contribution in [1.29, 1.82) is 0 Å². The van der Waals surface area contributed by atoms with Gasteiger partial charge in [-0.25, -0.2) is 14.3 Å². The molecule has 0 spiro atoms. The molecule has 0 radical (unpaired) electrons. The summed E-state index contributed by atoms with van der Waals surface area (Å²) in [5.74, 6) is 0. The summed E-state index contributed by atoms with van der Waals surface area (Å²) in [4.78, 5) is 28.3. The normalized spacial score (nSPS) is 10.9. The van der Waals surface area contributed by atoms with Crippen LogP contribution in [0.1, 0.15) is 0 Å². The molecule has 8 nitrogen and oxygen atoms in total. The van der Waals surface area contributed by atoms with Crippen molar-refractivity contribution in [1.82, 2.24) is 19.3 Å². The molecule has 0 saturated carbocycles. The van der Waals surface area contributed by atoms with E-state index in [1.54, 1.807) is 0 Å². The van der Waals surface area contributed by atoms with Gasteiger partial charge < -0.3 is 10.3 Å². The number of aromatic nitrogens is 4. The van der Waals surface area contributed by atoms with Crippen LogP contribution < -0.4 is 11.2 Å². The van der Waals surface area contributed by atoms with Crippen molar-refractivity contribution in [2.75, 3.05) is 0 Å². The molecule has 0 aliphatic rings. The summed E-state index contributed by atoms with van der Waals surface area (Å²) in [6.45, 7) is -0.755. The third kappa shape index (κ3) is 0.941. The monoisotopic (exact) mass is 198 g/mol. The average molecular weight is 198 g/mol. The van der Waals surface area contributed by atoms with Gasteiger partial charge in [-0.15, -0.1) is 0 Å². The Morgan fingerprint density at radius 2 is 2.21 bits per heavy atom. The molecule has 0 bridgehead atoms. The van der Waals surface area contributed by atoms with Gasteiger partial charge in [0.1, 0.15) is 13.1 Å². The smallest absolute Gasteiger partial charge is 0.332 e. The number of imidazole rings is 1. The molecule has 0 saturated heterocycles. The number of nitrogens with zero attached hydrogens (tertiary/aromatic N) is 3. The third-order valence-corrected chi connectivity index (χ3v) is 1.81. The molecule has 3 N–H and O–H groups in total. The van der Waals surface area contributed by atoms with E-state index in [9.17, 15) is 9.59 Å². The fourth-order valence-corrected chi connectivity index (χ4v) is 1.15. The Bertz CT molecular complexity index is 592. The molecular formula is C6H6N4O4. The van der Waals surface area contributed by atoms with Crippen molar-refractivity contribution < 1.29 is 10.3 Å². The molecule has 0 amide bonds. The second-order valence-corrected chi connectivity index (χ2v) is 2.59. The lowest BCUT2D eigenvalue weighted by molar-refractivity contribution is 0.190. The van der Waals surface area contributed by atoms with Crippen LogP contribution in [0.15, 0.2) is 15.9 Å². The first-order valence-electron chi connectivity index (χ1n) is 3.65. The van der Waals surface area contributed by atoms with Gasteiger partial charge in [-0.1, -0.05) is 0 Å². The first-order valence-corrected chi connectivity index (χ1v) is 3.65. The van der Waals surface area contributed by atoms with E-state index in [2.05, 4.69) is 9.97 Å². The number of fused-ring (bicyclic) bond motifs is 1. The topological polar surface area (TPSA) is 113 Å². The van der Waals surface area contributed by atoms with Crippen LogP contribution in [0.4, 0.5) is 0 Å². The summed E-state index contributed by atoms with van der Waals surface area (Å²) in [6, 6.07) is 0. The summed E-state index contributed by atoms with van der Waals surface area (Å²) in [5, 5.41) is 17.9. The number of hydrogen-bond donors (Lipinski definition) is 3. The van der Waals surface area contributed by atoms with E-state index in [0.717, 1.165) is 6.33 Å². The van der Waals surface area contributed by atoms with Crippen molar-refractivity contribution in [3.8, 4) is 0 Å². The van der Waals surface area contributed by atoms with E-state index in [1.807, 2.05) is 0 Å². The molecule has 14 heavy (non-hydrogen) atoms. The molecule has 2 rings (SSSR count). The summed E-state index contributed by atoms with van der Waals surface area (Å²) >= 11 is 0. The van der Waals surface area contributed by atoms with Crippen LogP contribution in [0.5, 0.6) is 0 Å². The molecule has 0 fully saturated rings. The highest BCUT2D eigenvalue weighted by atomic mass is 16.5. The van der Waals surface area contributed by atoms with Gasteiger partial charge in [0.2, 0.25) is 0 Å². The highest BCUT2D eigenvalue weighted by molar-refractivity contribution is 5.68. The maximum absolute atomic E-state index is 11.4. The van der Waals surface area contributed by atoms with Crippen LogP contribution in [0.2, 0.25) is 0 Å². The standard InChI is InChI=1S/C6H6N4O4/c11-2-9-5(12)3-4(8-6(9)13)7-1-10(3)14/h1,11,14H,2H2,(H,8,13). The highest BCUT2D eigenvalue weighted by Crippen LogP contribution is 1.98. The van der Waals surface area contributed by atoms with Gasteiger partial charge in [0.25, 0.3) is 5.56 Å². The lowest BCUT2D eigenvalue weighted by atomic mass is 10.5. The van der Waals surface area contributed by atoms with Gasteiger partial charge in [0.15, 0.2) is 11.2 Å². The summed E-state index contributed by atoms with van der Waals surface area (Å²) in [7, 11) is 0. The number of hydrogen-bond acceptors (Lipinski definition) is 5. The molecule has 0 aromatic carbocycles. The van der Waals surface area contributed by atoms with E-state index in [-0.39, 0.29) is 11.2 Å². The van der Waals surface area contributed by atoms with E-state index in [4.69, 9.17) is 10.3 Å². The van der Waals surface area contributed by atoms with Crippen molar-refractivity contribution in [2.45, 2.75) is 6.73 Å². The number of aliphatic hydroxyl groups excluding tert-OH is 1. The predicted molar refractivity (Wildman–Crippen MR) is 44.0 cm³/mol. The van der Waals surface area contributed by atoms with Crippen LogP contribution in [0.25, 0.3) is 11.2 Å². The Kier molecular flexibility index (Phi) is 1.64. The molecule has 0 atom stereocenters. The largest absolute Gasteiger partial charge is 0.427 e. The Balaban J connectivity index is 3.05. The maximum atomic E-state index is 11.4. The zero-order valence-corrected chi connectivity index (χ0v) is 6.84. The zero-order chi connectivity index (χ0) is 10.3. The summed E-state index contributed by atoms with van der Waals surface area (Å²) in [6.07, 6.45) is 0.976. The highest BCUT2D eigenvalue weighted by Gasteiger charge is 2.11. The fraction of sp³-hybridized carbons (Fsp3) is 0.167. The molecule has 2 aromatic rings. The van der Waals surface area contributed by atoms with Gasteiger partial charge in [0, 0.05) is 0 Å². The van der Waals surface area contributed by atoms with Gasteiger partial charge in [-0.3, -0.25) is 9.78 Å². The molecule has 2 heterocycles. The lowest BCUT2D eigenvalue weighted by Gasteiger charge is -1.98. The van der Waals surface area contributed by atoms with Crippen LogP contribution in [0.3, 0.4) is 0 Å². The molecule has 2 aromatic heterocycles. The van der Waals surface area contributed by atoms with Crippen LogP contribution in [0, 0.1) is 0 Å². The number of H-pyrrole nitrogens is 1. The molecule has 8 heteroatoms. The average Bonchev–Trinajstić information content (AvgIpc) is 2.48. The van der Waals surface area contributed by atoms with E-state index >= 15 is 0 Å². The molecule has 74 valence electrons. The van der Waals surface area contributed by atoms with Crippen LogP contribution in [-0.4, -0.2) is 29.6 Å². The minimum atomic E-state index is -0.800. The summed E-state index contributed by atoms with van der Waals surface area (Å²) < 4.78 is 1.02. The minimum absolute atomic E-state index is 0.0211. The van der Waals surface area contributed by atoms with Crippen LogP contribution >= 0.6 is 0 Å². The summed E-state index contributed by atoms with van der Waals surface area (Å²) in [5.41, 5.74) is -1.78. The van der Waals surface area contributed by atoms with Crippen molar-refractivity contribution >= 4 is 11.2 Å². The lowest BCUT2D eigenvalue weighted by Crippen LogP contribution is -2.35. The Morgan fingerprint density at radius 1 is 1.50 bits per heavy atom. The predicted octanol–water partition coefficient (Wildman–Crippen LogP) is -1.93. The van der Waals surface area contributed by atoms with Gasteiger partial charge in [-0.2, -0.15) is 4.73 Å². The number of nitrogens with one attached hydrogen (secondary N) is 1. The van der Waals surface area contributed by atoms with Gasteiger partial charge in [-0.05, 0) is 0 Å². The van der Waals surface area contributed by atoms with Crippen molar-refractivity contribution in [2.24, 2.45) is 0 Å². The first kappa shape index (κ1) is 8.51. The quantitative estimate of drug-likeness (QED) is 0.462. The van der Waals surface area contributed by atoms with E-state index in [1.165, 1.54) is 0 Å². The third-order valence-electron chi connectivity index (χ3n) is 1.81. The fourth-order valence-electron chi connectivity index (χ4n) is 1.15. The maximum Gasteiger partial charge on any atom is 0.332 e. The van der Waals surface area contributed by atoms with Crippen LogP contribution in [-0.2, 0) is 6.73 Å². The van der Waals surface area contributed by atoms with Gasteiger partial charge in [0.05, 0.1) is 0 Å². The zero-order valence-electron chi connectivity index (χ0n) is 6.84. The van der Waals surface area contributed by atoms with E-state index in [0.29, 0.717) is 9.30 Å². The minimum Gasteiger partial charge on any atom is -0.427 e. The van der Waals surface area contributed by atoms with Gasteiger partial charge >= 0.3 is 5.69 Å². The number of aromatic amines is 1. The molecule has 0 unspecified atom stereocenters. The Morgan fingerprint density at radius 3 is 2.86 bits per heavy atom. The number of aliphatic hydroxyl groups is 1. The van der Waals surface area contributed by atoms with Crippen molar-refractivity contribution in [3.05, 3.63) is 27.2 Å². The molecule has 0 aliphatic heterocycles. The van der Waals surface area contributed by atoms with Crippen molar-refractivity contribution in [3.63, 3.8) is 0 Å². The molecule has 0 aliphatic carbocycles. The Hall–Kier alpha value is -2.09. The second kappa shape index (κ2) is 2.70. The number of rotatable bonds is 1. The van der Waals surface area contributed by atoms with E-state index < -0.39 is 18.0 Å². The Labute approximate surface area is 75.6 Å². The SMILES string of the molecule is O=c1[nH]c2ncn(O)c2c(=O)n1CO. The molecular weight excluding hydrogens is 192 g/mol. The first-order chi connectivity index (χ1) is 6.65. The second-order valence-electron chi connectivity index (χ2n) is 2.59.